The topological polar surface area (TPSA) is 54.0 Å². The number of aryl methyl sites for hydroxylation is 2. The Morgan fingerprint density at radius 2 is 1.79 bits per heavy atom. The number of nitrogens with zero attached hydrogens (tertiary/aromatic N) is 1. The lowest BCUT2D eigenvalue weighted by molar-refractivity contribution is 0.222. The lowest BCUT2D eigenvalue weighted by Gasteiger charge is -2.36. The molecule has 0 aliphatic heterocycles. The molecule has 1 aromatic carbocycles. The van der Waals surface area contributed by atoms with Crippen molar-refractivity contribution in [3.8, 4) is 0 Å². The second kappa shape index (κ2) is 6.99. The third-order valence-corrected chi connectivity index (χ3v) is 4.41. The first-order valence-corrected chi connectivity index (χ1v) is 8.23. The Morgan fingerprint density at radius 1 is 1.17 bits per heavy atom. The van der Waals surface area contributed by atoms with Crippen molar-refractivity contribution in [3.05, 3.63) is 64.7 Å². The van der Waals surface area contributed by atoms with E-state index in [2.05, 4.69) is 15.6 Å². The summed E-state index contributed by atoms with van der Waals surface area (Å²) in [5, 5.41) is 5.87. The summed E-state index contributed by atoms with van der Waals surface area (Å²) in [7, 11) is 0. The molecule has 0 bridgehead atoms. The Labute approximate surface area is 141 Å². The van der Waals surface area contributed by atoms with Gasteiger partial charge in [0.05, 0.1) is 0 Å². The first-order valence-electron chi connectivity index (χ1n) is 8.23. The molecule has 5 heteroatoms. The zero-order chi connectivity index (χ0) is 17.1. The van der Waals surface area contributed by atoms with Crippen molar-refractivity contribution in [3.63, 3.8) is 0 Å². The van der Waals surface area contributed by atoms with Gasteiger partial charge in [-0.1, -0.05) is 12.1 Å². The summed E-state index contributed by atoms with van der Waals surface area (Å²) in [6.45, 7) is 4.38. The molecule has 3 rings (SSSR count). The van der Waals surface area contributed by atoms with E-state index in [0.717, 1.165) is 35.4 Å². The summed E-state index contributed by atoms with van der Waals surface area (Å²) in [6.07, 6.45) is 1.79. The average molecular weight is 327 g/mol. The third-order valence-electron chi connectivity index (χ3n) is 4.41. The highest BCUT2D eigenvalue weighted by molar-refractivity contribution is 5.74. The van der Waals surface area contributed by atoms with Gasteiger partial charge in [-0.2, -0.15) is 0 Å². The van der Waals surface area contributed by atoms with Crippen molar-refractivity contribution in [2.75, 3.05) is 0 Å². The van der Waals surface area contributed by atoms with Crippen LogP contribution in [0.5, 0.6) is 0 Å². The van der Waals surface area contributed by atoms with E-state index >= 15 is 0 Å². The molecule has 1 aliphatic rings. The lowest BCUT2D eigenvalue weighted by Crippen LogP contribution is -2.47. The van der Waals surface area contributed by atoms with Crippen molar-refractivity contribution >= 4 is 6.03 Å². The Kier molecular flexibility index (Phi) is 4.79. The second-order valence-corrected chi connectivity index (χ2v) is 6.50. The molecule has 1 heterocycles. The molecular weight excluding hydrogens is 305 g/mol. The number of pyridine rings is 1. The van der Waals surface area contributed by atoms with Crippen molar-refractivity contribution in [1.29, 1.82) is 0 Å². The van der Waals surface area contributed by atoms with Crippen LogP contribution in [0.2, 0.25) is 0 Å². The minimum Gasteiger partial charge on any atom is -0.335 e. The minimum atomic E-state index is -0.214. The van der Waals surface area contributed by atoms with Crippen LogP contribution in [0.4, 0.5) is 9.18 Å². The zero-order valence-corrected chi connectivity index (χ0v) is 14.0. The van der Waals surface area contributed by atoms with Crippen LogP contribution >= 0.6 is 0 Å². The van der Waals surface area contributed by atoms with Crippen LogP contribution in [-0.4, -0.2) is 17.1 Å². The lowest BCUT2D eigenvalue weighted by atomic mass is 9.76. The van der Waals surface area contributed by atoms with Gasteiger partial charge in [-0.05, 0) is 68.0 Å². The molecule has 24 heavy (non-hydrogen) atoms. The van der Waals surface area contributed by atoms with Crippen LogP contribution in [0.25, 0.3) is 0 Å². The molecular formula is C19H22FN3O. The predicted molar refractivity (Wildman–Crippen MR) is 91.2 cm³/mol. The summed E-state index contributed by atoms with van der Waals surface area (Å²) in [5.74, 6) is 0.190. The Hall–Kier alpha value is -2.43. The predicted octanol–water partition coefficient (Wildman–Crippen LogP) is 3.58. The van der Waals surface area contributed by atoms with Crippen LogP contribution in [-0.2, 0) is 6.54 Å². The number of halogens is 1. The van der Waals surface area contributed by atoms with Gasteiger partial charge >= 0.3 is 6.03 Å². The van der Waals surface area contributed by atoms with Gasteiger partial charge < -0.3 is 10.6 Å². The van der Waals surface area contributed by atoms with Crippen molar-refractivity contribution in [1.82, 2.24) is 15.6 Å². The number of hydrogen-bond acceptors (Lipinski definition) is 2. The molecule has 0 radical (unpaired) electrons. The Bertz CT molecular complexity index is 704. The van der Waals surface area contributed by atoms with Crippen molar-refractivity contribution in [2.45, 2.75) is 45.2 Å². The Morgan fingerprint density at radius 3 is 2.42 bits per heavy atom. The highest BCUT2D eigenvalue weighted by atomic mass is 19.1. The SMILES string of the molecule is Cc1cc(CNC(=O)NC2CC(c3ccc(F)cc3)C2)cc(C)n1. The maximum absolute atomic E-state index is 12.9. The van der Waals surface area contributed by atoms with E-state index in [4.69, 9.17) is 0 Å². The van der Waals surface area contributed by atoms with Gasteiger partial charge in [-0.25, -0.2) is 9.18 Å². The number of hydrogen-bond donors (Lipinski definition) is 2. The fourth-order valence-electron chi connectivity index (χ4n) is 3.18. The molecule has 126 valence electrons. The largest absolute Gasteiger partial charge is 0.335 e. The number of urea groups is 1. The Balaban J connectivity index is 1.43. The van der Waals surface area contributed by atoms with Crippen LogP contribution in [0, 0.1) is 19.7 Å². The van der Waals surface area contributed by atoms with E-state index in [0.29, 0.717) is 12.5 Å². The highest BCUT2D eigenvalue weighted by Crippen LogP contribution is 2.36. The van der Waals surface area contributed by atoms with E-state index in [1.165, 1.54) is 12.1 Å². The van der Waals surface area contributed by atoms with Crippen molar-refractivity contribution in [2.24, 2.45) is 0 Å². The number of aromatic nitrogens is 1. The summed E-state index contributed by atoms with van der Waals surface area (Å²) in [4.78, 5) is 16.3. The first-order chi connectivity index (χ1) is 11.5. The van der Waals surface area contributed by atoms with Crippen LogP contribution in [0.15, 0.2) is 36.4 Å². The summed E-state index contributed by atoms with van der Waals surface area (Å²) in [5.41, 5.74) is 4.09. The molecule has 2 N–H and O–H groups in total. The molecule has 0 spiro atoms. The molecule has 2 amide bonds. The fraction of sp³-hybridized carbons (Fsp3) is 0.368. The van der Waals surface area contributed by atoms with E-state index in [-0.39, 0.29) is 17.9 Å². The molecule has 0 saturated heterocycles. The van der Waals surface area contributed by atoms with Gasteiger partial charge in [-0.3, -0.25) is 4.98 Å². The molecule has 0 atom stereocenters. The number of rotatable bonds is 4. The number of nitrogens with one attached hydrogen (secondary N) is 2. The quantitative estimate of drug-likeness (QED) is 0.902. The van der Waals surface area contributed by atoms with Crippen LogP contribution in [0.3, 0.4) is 0 Å². The number of carbonyl (C=O) groups excluding carboxylic acids is 1. The maximum atomic E-state index is 12.9. The molecule has 1 aliphatic carbocycles. The van der Waals surface area contributed by atoms with Gasteiger partial charge in [0.15, 0.2) is 0 Å². The number of benzene rings is 1. The van der Waals surface area contributed by atoms with E-state index in [1.54, 1.807) is 0 Å². The number of carbonyl (C=O) groups is 1. The van der Waals surface area contributed by atoms with E-state index < -0.39 is 0 Å². The summed E-state index contributed by atoms with van der Waals surface area (Å²) >= 11 is 0. The molecule has 0 unspecified atom stereocenters. The van der Waals surface area contributed by atoms with Gasteiger partial charge in [0.2, 0.25) is 0 Å². The average Bonchev–Trinajstić information content (AvgIpc) is 2.49. The van der Waals surface area contributed by atoms with Crippen LogP contribution < -0.4 is 10.6 Å². The van der Waals surface area contributed by atoms with Gasteiger partial charge in [0, 0.05) is 24.0 Å². The molecule has 1 saturated carbocycles. The zero-order valence-electron chi connectivity index (χ0n) is 14.0. The smallest absolute Gasteiger partial charge is 0.315 e. The molecule has 1 fully saturated rings. The van der Waals surface area contributed by atoms with Gasteiger partial charge in [0.25, 0.3) is 0 Å². The summed E-state index contributed by atoms with van der Waals surface area (Å²) in [6, 6.07) is 10.6. The number of amides is 2. The fourth-order valence-corrected chi connectivity index (χ4v) is 3.18. The van der Waals surface area contributed by atoms with Gasteiger partial charge in [-0.15, -0.1) is 0 Å². The molecule has 4 nitrogen and oxygen atoms in total. The molecule has 2 aromatic rings. The van der Waals surface area contributed by atoms with E-state index in [9.17, 15) is 9.18 Å². The van der Waals surface area contributed by atoms with Crippen molar-refractivity contribution < 1.29 is 9.18 Å². The minimum absolute atomic E-state index is 0.148. The van der Waals surface area contributed by atoms with Gasteiger partial charge in [0.1, 0.15) is 5.82 Å². The normalized spacial score (nSPS) is 19.5. The molecule has 1 aromatic heterocycles. The maximum Gasteiger partial charge on any atom is 0.315 e. The summed E-state index contributed by atoms with van der Waals surface area (Å²) < 4.78 is 12.9. The highest BCUT2D eigenvalue weighted by Gasteiger charge is 2.31. The first kappa shape index (κ1) is 16.4. The monoisotopic (exact) mass is 327 g/mol. The van der Waals surface area contributed by atoms with E-state index in [1.807, 2.05) is 38.1 Å². The van der Waals surface area contributed by atoms with Crippen LogP contribution in [0.1, 0.15) is 41.3 Å². The second-order valence-electron chi connectivity index (χ2n) is 6.50. The standard InChI is InChI=1S/C19H22FN3O/c1-12-7-14(8-13(2)22-12)11-21-19(24)23-18-9-16(10-18)15-3-5-17(20)6-4-15/h3-8,16,18H,9-11H2,1-2H3,(H2,21,23,24). The third kappa shape index (κ3) is 4.10.